The lowest BCUT2D eigenvalue weighted by atomic mass is 10.2. The Morgan fingerprint density at radius 3 is 2.80 bits per heavy atom. The van der Waals surface area contributed by atoms with E-state index in [0.29, 0.717) is 17.5 Å². The molecular formula is C12H11F2N3O2S. The minimum atomic E-state index is -1.20. The van der Waals surface area contributed by atoms with Gasteiger partial charge in [-0.2, -0.15) is 4.39 Å². The van der Waals surface area contributed by atoms with Crippen LogP contribution in [0.2, 0.25) is 0 Å². The Hall–Kier alpha value is -2.09. The van der Waals surface area contributed by atoms with Crippen molar-refractivity contribution in [1.29, 1.82) is 0 Å². The summed E-state index contributed by atoms with van der Waals surface area (Å²) in [4.78, 5) is 14.1. The summed E-state index contributed by atoms with van der Waals surface area (Å²) in [6, 6.07) is 1.07. The van der Waals surface area contributed by atoms with Crippen LogP contribution in [0.3, 0.4) is 0 Å². The molecule has 0 bridgehead atoms. The van der Waals surface area contributed by atoms with E-state index in [0.717, 1.165) is 6.07 Å². The zero-order valence-corrected chi connectivity index (χ0v) is 11.3. The van der Waals surface area contributed by atoms with Crippen LogP contribution in [0, 0.1) is 21.7 Å². The normalized spacial score (nSPS) is 12.2. The lowest BCUT2D eigenvalue weighted by Gasteiger charge is -2.16. The van der Waals surface area contributed by atoms with Crippen LogP contribution in [0.15, 0.2) is 23.7 Å². The highest BCUT2D eigenvalue weighted by molar-refractivity contribution is 7.09. The van der Waals surface area contributed by atoms with Crippen LogP contribution in [0.25, 0.3) is 0 Å². The molecule has 8 heteroatoms. The van der Waals surface area contributed by atoms with Crippen molar-refractivity contribution in [2.24, 2.45) is 0 Å². The van der Waals surface area contributed by atoms with E-state index in [1.165, 1.54) is 11.3 Å². The van der Waals surface area contributed by atoms with Gasteiger partial charge in [0.1, 0.15) is 16.5 Å². The number of nitrogens with one attached hydrogen (secondary N) is 1. The summed E-state index contributed by atoms with van der Waals surface area (Å²) in [6.07, 6.45) is 2.17. The SMILES string of the molecule is CCC(Nc1cc(F)cc(F)c1[N+](=O)[O-])c1nccs1. The molecule has 2 aromatic rings. The first-order valence-electron chi connectivity index (χ1n) is 5.82. The molecule has 1 aromatic heterocycles. The van der Waals surface area contributed by atoms with E-state index in [1.807, 2.05) is 6.92 Å². The van der Waals surface area contributed by atoms with Crippen molar-refractivity contribution in [1.82, 2.24) is 4.98 Å². The maximum absolute atomic E-state index is 13.5. The Bertz CT molecular complexity index is 619. The van der Waals surface area contributed by atoms with E-state index in [9.17, 15) is 18.9 Å². The van der Waals surface area contributed by atoms with Gasteiger partial charge < -0.3 is 5.32 Å². The molecule has 0 aliphatic rings. The van der Waals surface area contributed by atoms with Crippen molar-refractivity contribution in [2.75, 3.05) is 5.32 Å². The van der Waals surface area contributed by atoms with Crippen LogP contribution in [0.1, 0.15) is 24.4 Å². The second-order valence-electron chi connectivity index (χ2n) is 4.02. The van der Waals surface area contributed by atoms with Crippen LogP contribution in [0.5, 0.6) is 0 Å². The first-order chi connectivity index (χ1) is 9.52. The summed E-state index contributed by atoms with van der Waals surface area (Å²) < 4.78 is 26.8. The lowest BCUT2D eigenvalue weighted by molar-refractivity contribution is -0.386. The number of aromatic nitrogens is 1. The fraction of sp³-hybridized carbons (Fsp3) is 0.250. The predicted octanol–water partition coefficient (Wildman–Crippen LogP) is 3.89. The van der Waals surface area contributed by atoms with E-state index >= 15 is 0 Å². The highest BCUT2D eigenvalue weighted by Crippen LogP contribution is 2.33. The van der Waals surface area contributed by atoms with Crippen LogP contribution in [-0.4, -0.2) is 9.91 Å². The molecule has 0 radical (unpaired) electrons. The van der Waals surface area contributed by atoms with Gasteiger partial charge in [-0.05, 0) is 6.42 Å². The van der Waals surface area contributed by atoms with E-state index in [2.05, 4.69) is 10.3 Å². The number of hydrogen-bond acceptors (Lipinski definition) is 5. The molecule has 0 amide bonds. The number of nitro groups is 1. The summed E-state index contributed by atoms with van der Waals surface area (Å²) in [7, 11) is 0. The van der Waals surface area contributed by atoms with Crippen LogP contribution in [0.4, 0.5) is 20.2 Å². The fourth-order valence-corrected chi connectivity index (χ4v) is 2.57. The third-order valence-corrected chi connectivity index (χ3v) is 3.59. The Kier molecular flexibility index (Phi) is 4.23. The van der Waals surface area contributed by atoms with Gasteiger partial charge in [0.2, 0.25) is 5.82 Å². The molecule has 0 aliphatic heterocycles. The zero-order chi connectivity index (χ0) is 14.7. The van der Waals surface area contributed by atoms with Crippen molar-refractivity contribution in [3.63, 3.8) is 0 Å². The first-order valence-corrected chi connectivity index (χ1v) is 6.70. The van der Waals surface area contributed by atoms with Gasteiger partial charge in [-0.3, -0.25) is 10.1 Å². The summed E-state index contributed by atoms with van der Waals surface area (Å²) >= 11 is 1.37. The molecule has 0 spiro atoms. The Morgan fingerprint density at radius 1 is 1.50 bits per heavy atom. The largest absolute Gasteiger partial charge is 0.370 e. The van der Waals surface area contributed by atoms with Gasteiger partial charge in [-0.1, -0.05) is 6.92 Å². The standard InChI is InChI=1S/C12H11F2N3O2S/c1-2-9(12-15-3-4-20-12)16-10-6-7(13)5-8(14)11(10)17(18)19/h3-6,9,16H,2H2,1H3. The molecule has 106 valence electrons. The first kappa shape index (κ1) is 14.3. The molecule has 2 rings (SSSR count). The molecule has 1 unspecified atom stereocenters. The van der Waals surface area contributed by atoms with Gasteiger partial charge >= 0.3 is 5.69 Å². The summed E-state index contributed by atoms with van der Waals surface area (Å²) in [6.45, 7) is 1.85. The predicted molar refractivity (Wildman–Crippen MR) is 71.8 cm³/mol. The zero-order valence-electron chi connectivity index (χ0n) is 10.5. The van der Waals surface area contributed by atoms with Crippen LogP contribution in [-0.2, 0) is 0 Å². The average Bonchev–Trinajstić information content (AvgIpc) is 2.88. The number of anilines is 1. The van der Waals surface area contributed by atoms with E-state index in [-0.39, 0.29) is 11.7 Å². The van der Waals surface area contributed by atoms with Gasteiger partial charge in [-0.25, -0.2) is 9.37 Å². The van der Waals surface area contributed by atoms with E-state index < -0.39 is 22.2 Å². The van der Waals surface area contributed by atoms with Crippen molar-refractivity contribution < 1.29 is 13.7 Å². The van der Waals surface area contributed by atoms with Gasteiger partial charge in [0.25, 0.3) is 0 Å². The molecule has 1 N–H and O–H groups in total. The summed E-state index contributed by atoms with van der Waals surface area (Å²) in [5.41, 5.74) is -0.948. The second kappa shape index (κ2) is 5.91. The molecule has 0 aliphatic carbocycles. The monoisotopic (exact) mass is 299 g/mol. The lowest BCUT2D eigenvalue weighted by Crippen LogP contribution is -2.11. The van der Waals surface area contributed by atoms with Gasteiger partial charge in [0.05, 0.1) is 11.0 Å². The maximum atomic E-state index is 13.5. The molecule has 1 heterocycles. The van der Waals surface area contributed by atoms with E-state index in [1.54, 1.807) is 11.6 Å². The Balaban J connectivity index is 2.39. The van der Waals surface area contributed by atoms with Gasteiger partial charge in [0, 0.05) is 23.7 Å². The molecule has 5 nitrogen and oxygen atoms in total. The van der Waals surface area contributed by atoms with Crippen LogP contribution >= 0.6 is 11.3 Å². The maximum Gasteiger partial charge on any atom is 0.327 e. The minimum Gasteiger partial charge on any atom is -0.370 e. The third-order valence-electron chi connectivity index (χ3n) is 2.70. The van der Waals surface area contributed by atoms with Crippen molar-refractivity contribution in [3.8, 4) is 0 Å². The summed E-state index contributed by atoms with van der Waals surface area (Å²) in [5, 5.41) is 16.2. The van der Waals surface area contributed by atoms with E-state index in [4.69, 9.17) is 0 Å². The number of thiazole rings is 1. The molecule has 1 aromatic carbocycles. The highest BCUT2D eigenvalue weighted by Gasteiger charge is 2.24. The number of benzene rings is 1. The Morgan fingerprint density at radius 2 is 2.25 bits per heavy atom. The molecule has 1 atom stereocenters. The molecule has 0 saturated carbocycles. The third kappa shape index (κ3) is 2.90. The molecule has 0 saturated heterocycles. The van der Waals surface area contributed by atoms with Crippen molar-refractivity contribution >= 4 is 22.7 Å². The summed E-state index contributed by atoms with van der Waals surface area (Å²) in [5.74, 6) is -2.07. The van der Waals surface area contributed by atoms with Crippen molar-refractivity contribution in [2.45, 2.75) is 19.4 Å². The quantitative estimate of drug-likeness (QED) is 0.671. The smallest absolute Gasteiger partial charge is 0.327 e. The number of rotatable bonds is 5. The topological polar surface area (TPSA) is 68.1 Å². The molecule has 0 fully saturated rings. The Labute approximate surface area is 117 Å². The molecule has 20 heavy (non-hydrogen) atoms. The minimum absolute atomic E-state index is 0.186. The van der Waals surface area contributed by atoms with Gasteiger partial charge in [0.15, 0.2) is 0 Å². The average molecular weight is 299 g/mol. The number of halogens is 2. The fourth-order valence-electron chi connectivity index (χ4n) is 1.79. The molecular weight excluding hydrogens is 288 g/mol. The second-order valence-corrected chi connectivity index (χ2v) is 4.94. The van der Waals surface area contributed by atoms with Crippen LogP contribution < -0.4 is 5.32 Å². The number of hydrogen-bond donors (Lipinski definition) is 1. The van der Waals surface area contributed by atoms with Gasteiger partial charge in [-0.15, -0.1) is 11.3 Å². The van der Waals surface area contributed by atoms with Crippen molar-refractivity contribution in [3.05, 3.63) is 50.5 Å². The number of nitrogens with zero attached hydrogens (tertiary/aromatic N) is 2. The number of nitro benzene ring substituents is 1. The highest BCUT2D eigenvalue weighted by atomic mass is 32.1.